The van der Waals surface area contributed by atoms with Crippen LogP contribution in [0.4, 0.5) is 31.1 Å². The molecule has 0 spiro atoms. The number of nitrogens with two attached hydrogens (primary N) is 1. The van der Waals surface area contributed by atoms with E-state index in [-0.39, 0.29) is 38.8 Å². The van der Waals surface area contributed by atoms with Crippen LogP contribution in [0.3, 0.4) is 0 Å². The first-order valence-electron chi connectivity index (χ1n) is 10.3. The van der Waals surface area contributed by atoms with Crippen LogP contribution in [-0.4, -0.2) is 79.3 Å². The van der Waals surface area contributed by atoms with Gasteiger partial charge in [0.2, 0.25) is 0 Å². The summed E-state index contributed by atoms with van der Waals surface area (Å²) in [4.78, 5) is 19.0. The topological polar surface area (TPSA) is 71.2 Å². The number of carbonyl (C=O) groups excluding carboxylic acids is 1. The molecular weight excluding hydrogens is 490 g/mol. The van der Waals surface area contributed by atoms with Crippen molar-refractivity contribution in [3.8, 4) is 0 Å². The fourth-order valence-corrected chi connectivity index (χ4v) is 3.35. The summed E-state index contributed by atoms with van der Waals surface area (Å²) in [6.45, 7) is 4.13. The number of halogens is 7. The van der Waals surface area contributed by atoms with Crippen LogP contribution in [0.25, 0.3) is 5.70 Å². The van der Waals surface area contributed by atoms with Crippen molar-refractivity contribution in [3.05, 3.63) is 40.4 Å². The van der Waals surface area contributed by atoms with Crippen LogP contribution in [0.1, 0.15) is 19.4 Å². The molecule has 6 nitrogen and oxygen atoms in total. The zero-order chi connectivity index (χ0) is 25.7. The first kappa shape index (κ1) is 27.8. The van der Waals surface area contributed by atoms with Crippen LogP contribution in [0.15, 0.2) is 34.8 Å². The number of nitrogens with zero attached hydrogens (tertiary/aromatic N) is 3. The Morgan fingerprint density at radius 2 is 1.68 bits per heavy atom. The highest BCUT2D eigenvalue weighted by Crippen LogP contribution is 2.36. The summed E-state index contributed by atoms with van der Waals surface area (Å²) in [6.07, 6.45) is -15.8. The Labute approximate surface area is 198 Å². The number of hydrogen-bond donors (Lipinski definition) is 1. The van der Waals surface area contributed by atoms with Crippen LogP contribution < -0.4 is 5.73 Å². The fraction of sp³-hybridized carbons (Fsp3) is 0.524. The van der Waals surface area contributed by atoms with Gasteiger partial charge in [-0.05, 0) is 19.9 Å². The summed E-state index contributed by atoms with van der Waals surface area (Å²) in [5, 5.41) is 0.437. The van der Waals surface area contributed by atoms with E-state index in [4.69, 9.17) is 17.3 Å². The molecule has 2 rings (SSSR count). The Hall–Kier alpha value is -2.47. The molecule has 1 aliphatic rings. The van der Waals surface area contributed by atoms with Crippen molar-refractivity contribution in [1.29, 1.82) is 0 Å². The van der Waals surface area contributed by atoms with E-state index >= 15 is 0 Å². The van der Waals surface area contributed by atoms with Crippen molar-refractivity contribution in [3.63, 3.8) is 0 Å². The minimum atomic E-state index is -5.76. The van der Waals surface area contributed by atoms with Crippen LogP contribution >= 0.6 is 11.6 Å². The highest BCUT2D eigenvalue weighted by molar-refractivity contribution is 6.32. The molecule has 1 amide bonds. The molecule has 13 heteroatoms. The third-order valence-electron chi connectivity index (χ3n) is 4.88. The maximum Gasteiger partial charge on any atom is 0.434 e. The first-order valence-corrected chi connectivity index (χ1v) is 10.7. The Morgan fingerprint density at radius 1 is 1.12 bits per heavy atom. The summed E-state index contributed by atoms with van der Waals surface area (Å²) in [5.74, 6) is 0. The fourth-order valence-electron chi connectivity index (χ4n) is 3.11. The van der Waals surface area contributed by atoms with Crippen LogP contribution in [0.2, 0.25) is 5.02 Å². The van der Waals surface area contributed by atoms with E-state index < -0.39 is 24.5 Å². The molecule has 1 fully saturated rings. The third kappa shape index (κ3) is 7.79. The Bertz CT molecular complexity index is 895. The molecule has 1 aliphatic heterocycles. The van der Waals surface area contributed by atoms with Gasteiger partial charge in [0.1, 0.15) is 0 Å². The Morgan fingerprint density at radius 3 is 2.18 bits per heavy atom. The molecule has 0 aliphatic carbocycles. The molecule has 1 saturated heterocycles. The second-order valence-electron chi connectivity index (χ2n) is 7.90. The third-order valence-corrected chi connectivity index (χ3v) is 5.21. The molecule has 0 saturated carbocycles. The smallest absolute Gasteiger partial charge is 0.426 e. The monoisotopic (exact) mass is 514 g/mol. The van der Waals surface area contributed by atoms with Gasteiger partial charge in [0, 0.05) is 66.8 Å². The van der Waals surface area contributed by atoms with E-state index in [2.05, 4.69) is 9.73 Å². The van der Waals surface area contributed by atoms with E-state index in [0.717, 1.165) is 4.90 Å². The van der Waals surface area contributed by atoms with Gasteiger partial charge in [-0.1, -0.05) is 29.8 Å². The molecule has 190 valence electrons. The molecule has 0 atom stereocenters. The van der Waals surface area contributed by atoms with Crippen molar-refractivity contribution < 1.29 is 35.9 Å². The highest BCUT2D eigenvalue weighted by Gasteiger charge is 2.60. The number of aliphatic imine (C=N–C) groups is 1. The summed E-state index contributed by atoms with van der Waals surface area (Å²) >= 11 is 6.24. The molecule has 1 aromatic carbocycles. The van der Waals surface area contributed by atoms with Crippen molar-refractivity contribution in [1.82, 2.24) is 9.80 Å². The Kier molecular flexibility index (Phi) is 9.23. The normalized spacial score (nSPS) is 17.0. The van der Waals surface area contributed by atoms with Gasteiger partial charge in [0.25, 0.3) is 6.10 Å². The van der Waals surface area contributed by atoms with Crippen LogP contribution in [-0.2, 0) is 4.74 Å². The van der Waals surface area contributed by atoms with Gasteiger partial charge in [-0.3, -0.25) is 9.89 Å². The predicted molar refractivity (Wildman–Crippen MR) is 117 cm³/mol. The minimum absolute atomic E-state index is 0.0177. The zero-order valence-electron chi connectivity index (χ0n) is 18.5. The van der Waals surface area contributed by atoms with Gasteiger partial charge >= 0.3 is 18.4 Å². The van der Waals surface area contributed by atoms with Gasteiger partial charge in [0.15, 0.2) is 0 Å². The summed E-state index contributed by atoms with van der Waals surface area (Å²) in [6, 6.07) is 6.93. The Balaban J connectivity index is 2.10. The van der Waals surface area contributed by atoms with Crippen molar-refractivity contribution in [2.24, 2.45) is 10.7 Å². The van der Waals surface area contributed by atoms with E-state index in [9.17, 15) is 31.1 Å². The van der Waals surface area contributed by atoms with E-state index in [1.165, 1.54) is 0 Å². The van der Waals surface area contributed by atoms with E-state index in [1.54, 1.807) is 30.5 Å². The molecule has 1 heterocycles. The number of benzene rings is 1. The van der Waals surface area contributed by atoms with Crippen LogP contribution in [0.5, 0.6) is 0 Å². The van der Waals surface area contributed by atoms with E-state index in [1.807, 2.05) is 18.7 Å². The lowest BCUT2D eigenvalue weighted by Gasteiger charge is -2.35. The van der Waals surface area contributed by atoms with E-state index in [0.29, 0.717) is 21.9 Å². The van der Waals surface area contributed by atoms with Gasteiger partial charge in [-0.2, -0.15) is 26.3 Å². The standard InChI is InChI=1S/C21H25ClF6N4O2/c1-13(2)30-11-14(17(29)15-5-3-4-6-16(15)22)12-31-7-9-32(10-8-31)19(33)34-18(20(23,24)25)21(26,27)28/h3-6,11,13,18H,7-10,12,29H2,1-2H3. The molecule has 0 unspecified atom stereocenters. The maximum absolute atomic E-state index is 12.7. The number of carbonyl (C=O) groups is 1. The van der Waals surface area contributed by atoms with Crippen molar-refractivity contribution in [2.45, 2.75) is 38.3 Å². The first-order chi connectivity index (χ1) is 15.7. The molecule has 2 N–H and O–H groups in total. The number of alkyl halides is 6. The summed E-state index contributed by atoms with van der Waals surface area (Å²) in [5.41, 5.74) is 7.95. The average molecular weight is 515 g/mol. The SMILES string of the molecule is CC(C)N=CC(CN1CCN(C(=O)OC(C(F)(F)F)C(F)(F)F)CC1)=C(N)c1ccccc1Cl. The number of amides is 1. The molecule has 0 aromatic heterocycles. The molecule has 1 aromatic rings. The van der Waals surface area contributed by atoms with Gasteiger partial charge in [-0.25, -0.2) is 4.79 Å². The zero-order valence-corrected chi connectivity index (χ0v) is 19.2. The predicted octanol–water partition coefficient (Wildman–Crippen LogP) is 4.74. The highest BCUT2D eigenvalue weighted by atomic mass is 35.5. The molecule has 34 heavy (non-hydrogen) atoms. The number of rotatable bonds is 6. The second-order valence-corrected chi connectivity index (χ2v) is 8.31. The maximum atomic E-state index is 12.7. The number of ether oxygens (including phenoxy) is 1. The van der Waals surface area contributed by atoms with Gasteiger partial charge < -0.3 is 15.4 Å². The number of piperazine rings is 1. The molecular formula is C21H25ClF6N4O2. The number of hydrogen-bond acceptors (Lipinski definition) is 5. The average Bonchev–Trinajstić information content (AvgIpc) is 2.73. The lowest BCUT2D eigenvalue weighted by Crippen LogP contribution is -2.53. The van der Waals surface area contributed by atoms with Gasteiger partial charge in [-0.15, -0.1) is 0 Å². The largest absolute Gasteiger partial charge is 0.434 e. The minimum Gasteiger partial charge on any atom is -0.426 e. The summed E-state index contributed by atoms with van der Waals surface area (Å²) in [7, 11) is 0. The lowest BCUT2D eigenvalue weighted by molar-refractivity contribution is -0.308. The lowest BCUT2D eigenvalue weighted by atomic mass is 10.1. The van der Waals surface area contributed by atoms with Crippen molar-refractivity contribution in [2.75, 3.05) is 32.7 Å². The van der Waals surface area contributed by atoms with Gasteiger partial charge in [0.05, 0.1) is 0 Å². The van der Waals surface area contributed by atoms with Crippen LogP contribution in [0, 0.1) is 0 Å². The molecule has 0 radical (unpaired) electrons. The summed E-state index contributed by atoms with van der Waals surface area (Å²) < 4.78 is 79.7. The van der Waals surface area contributed by atoms with Crippen molar-refractivity contribution >= 4 is 29.6 Å². The molecule has 0 bridgehead atoms. The second kappa shape index (κ2) is 11.3. The quantitative estimate of drug-likeness (QED) is 0.440.